The number of hydrogen-bond donors (Lipinski definition) is 4. The van der Waals surface area contributed by atoms with Gasteiger partial charge in [0.25, 0.3) is 5.91 Å². The van der Waals surface area contributed by atoms with Crippen LogP contribution in [0.3, 0.4) is 0 Å². The smallest absolute Gasteiger partial charge is 0.273 e. The topological polar surface area (TPSA) is 116 Å². The zero-order valence-corrected chi connectivity index (χ0v) is 18.8. The number of benzene rings is 2. The number of fused-ring (bicyclic) bond motifs is 1. The highest BCUT2D eigenvalue weighted by atomic mass is 16.2. The molecule has 0 saturated carbocycles. The van der Waals surface area contributed by atoms with Gasteiger partial charge in [0.1, 0.15) is 11.5 Å². The van der Waals surface area contributed by atoms with Crippen molar-refractivity contribution in [1.29, 1.82) is 0 Å². The second-order valence-electron chi connectivity index (χ2n) is 7.82. The van der Waals surface area contributed by atoms with E-state index < -0.39 is 0 Å². The van der Waals surface area contributed by atoms with E-state index in [4.69, 9.17) is 0 Å². The van der Waals surface area contributed by atoms with Crippen LogP contribution in [0.4, 0.5) is 17.1 Å². The summed E-state index contributed by atoms with van der Waals surface area (Å²) in [5.74, 6) is 0.587. The molecule has 9 nitrogen and oxygen atoms in total. The van der Waals surface area contributed by atoms with E-state index >= 15 is 0 Å². The minimum absolute atomic E-state index is 0.186. The van der Waals surface area contributed by atoms with E-state index in [1.54, 1.807) is 23.1 Å². The maximum absolute atomic E-state index is 12.7. The fraction of sp³-hybridized carbons (Fsp3) is 0.120. The number of hydrogen-bond acceptors (Lipinski definition) is 5. The predicted octanol–water partition coefficient (Wildman–Crippen LogP) is 4.98. The Morgan fingerprint density at radius 1 is 1.09 bits per heavy atom. The Bertz CT molecular complexity index is 1480. The zero-order valence-electron chi connectivity index (χ0n) is 18.8. The summed E-state index contributed by atoms with van der Waals surface area (Å²) < 4.78 is 1.70. The first kappa shape index (κ1) is 21.2. The van der Waals surface area contributed by atoms with E-state index in [2.05, 4.69) is 35.9 Å². The third kappa shape index (κ3) is 4.44. The molecule has 0 fully saturated rings. The number of carbonyl (C=O) groups excluding carboxylic acids is 1. The van der Waals surface area contributed by atoms with Gasteiger partial charge in [0.2, 0.25) is 0 Å². The van der Waals surface area contributed by atoms with Gasteiger partial charge in [0.15, 0.2) is 0 Å². The van der Waals surface area contributed by atoms with Crippen molar-refractivity contribution in [3.8, 4) is 0 Å². The molecule has 0 aliphatic rings. The van der Waals surface area contributed by atoms with E-state index in [1.807, 2.05) is 68.5 Å². The minimum atomic E-state index is -0.186. The number of aryl methyl sites for hydroxylation is 2. The van der Waals surface area contributed by atoms with Crippen LogP contribution >= 0.6 is 0 Å². The second kappa shape index (κ2) is 9.07. The zero-order chi connectivity index (χ0) is 23.5. The first-order valence-corrected chi connectivity index (χ1v) is 11.0. The summed E-state index contributed by atoms with van der Waals surface area (Å²) in [5.41, 5.74) is 5.57. The van der Waals surface area contributed by atoms with Gasteiger partial charge < -0.3 is 15.6 Å². The van der Waals surface area contributed by atoms with E-state index in [1.165, 1.54) is 0 Å². The van der Waals surface area contributed by atoms with Crippen LogP contribution in [0, 0.1) is 6.92 Å². The van der Waals surface area contributed by atoms with Gasteiger partial charge in [-0.1, -0.05) is 6.07 Å². The highest BCUT2D eigenvalue weighted by Crippen LogP contribution is 2.25. The molecule has 0 saturated heterocycles. The SMILES string of the molecule is CCn1nc(C)cc1C(=O)Nc1cccc(Nc2ccc3c(/C=C/c4ncc[nH]4)n[nH]c3c2)c1. The standard InChI is InChI=1S/C25H24N8O/c1-3-33-23(13-16(2)32-33)25(34)29-18-6-4-5-17(14-18)28-19-7-8-20-21(30-31-22(20)15-19)9-10-24-26-11-12-27-24/h4-15,28H,3H2,1-2H3,(H,26,27)(H,29,34)(H,30,31)/b10-9+. The molecule has 3 aromatic heterocycles. The molecule has 0 bridgehead atoms. The molecule has 4 N–H and O–H groups in total. The molecule has 0 unspecified atom stereocenters. The average Bonchev–Trinajstić information content (AvgIpc) is 3.57. The number of H-pyrrole nitrogens is 2. The van der Waals surface area contributed by atoms with Crippen molar-refractivity contribution in [3.05, 3.63) is 83.8 Å². The van der Waals surface area contributed by atoms with Gasteiger partial charge >= 0.3 is 0 Å². The summed E-state index contributed by atoms with van der Waals surface area (Å²) >= 11 is 0. The summed E-state index contributed by atoms with van der Waals surface area (Å²) in [7, 11) is 0. The van der Waals surface area contributed by atoms with E-state index in [0.717, 1.165) is 39.5 Å². The molecule has 34 heavy (non-hydrogen) atoms. The van der Waals surface area contributed by atoms with Gasteiger partial charge in [-0.05, 0) is 68.5 Å². The number of rotatable bonds is 7. The quantitative estimate of drug-likeness (QED) is 0.278. The molecule has 3 heterocycles. The Hall–Kier alpha value is -4.66. The number of carbonyl (C=O) groups is 1. The van der Waals surface area contributed by atoms with Crippen LogP contribution < -0.4 is 10.6 Å². The number of aromatic nitrogens is 6. The number of nitrogens with zero attached hydrogens (tertiary/aromatic N) is 4. The van der Waals surface area contributed by atoms with Gasteiger partial charge in [-0.15, -0.1) is 0 Å². The van der Waals surface area contributed by atoms with Gasteiger partial charge in [-0.3, -0.25) is 14.6 Å². The average molecular weight is 453 g/mol. The van der Waals surface area contributed by atoms with Crippen LogP contribution in [0.25, 0.3) is 23.1 Å². The number of amides is 1. The molecule has 1 amide bonds. The molecule has 0 spiro atoms. The largest absolute Gasteiger partial charge is 0.355 e. The predicted molar refractivity (Wildman–Crippen MR) is 134 cm³/mol. The normalized spacial score (nSPS) is 11.4. The van der Waals surface area contributed by atoms with Gasteiger partial charge in [-0.25, -0.2) is 4.98 Å². The molecule has 0 aliphatic carbocycles. The number of aromatic amines is 2. The Morgan fingerprint density at radius 2 is 1.94 bits per heavy atom. The molecular formula is C25H24N8O. The van der Waals surface area contributed by atoms with Crippen molar-refractivity contribution in [2.24, 2.45) is 0 Å². The first-order valence-electron chi connectivity index (χ1n) is 11.0. The monoisotopic (exact) mass is 452 g/mol. The van der Waals surface area contributed by atoms with Crippen molar-refractivity contribution in [3.63, 3.8) is 0 Å². The molecule has 0 atom stereocenters. The maximum atomic E-state index is 12.7. The van der Waals surface area contributed by atoms with E-state index in [0.29, 0.717) is 17.9 Å². The Kier molecular flexibility index (Phi) is 5.65. The molecule has 170 valence electrons. The second-order valence-corrected chi connectivity index (χ2v) is 7.82. The van der Waals surface area contributed by atoms with E-state index in [9.17, 15) is 4.79 Å². The van der Waals surface area contributed by atoms with Crippen molar-refractivity contribution in [1.82, 2.24) is 29.9 Å². The van der Waals surface area contributed by atoms with Crippen LogP contribution in [0.5, 0.6) is 0 Å². The fourth-order valence-corrected chi connectivity index (χ4v) is 3.78. The van der Waals surface area contributed by atoms with Gasteiger partial charge in [0, 0.05) is 41.4 Å². The Morgan fingerprint density at radius 3 is 2.76 bits per heavy atom. The molecule has 0 radical (unpaired) electrons. The lowest BCUT2D eigenvalue weighted by atomic mass is 10.1. The third-order valence-corrected chi connectivity index (χ3v) is 5.35. The maximum Gasteiger partial charge on any atom is 0.273 e. The lowest BCUT2D eigenvalue weighted by Crippen LogP contribution is -2.17. The van der Waals surface area contributed by atoms with Gasteiger partial charge in [-0.2, -0.15) is 10.2 Å². The highest BCUT2D eigenvalue weighted by molar-refractivity contribution is 6.03. The Labute approximate surface area is 195 Å². The van der Waals surface area contributed by atoms with Crippen molar-refractivity contribution < 1.29 is 4.79 Å². The van der Waals surface area contributed by atoms with Crippen LogP contribution in [-0.2, 0) is 6.54 Å². The summed E-state index contributed by atoms with van der Waals surface area (Å²) in [6, 6.07) is 15.4. The molecule has 5 rings (SSSR count). The molecule has 2 aromatic carbocycles. The van der Waals surface area contributed by atoms with Crippen molar-refractivity contribution >= 4 is 46.0 Å². The van der Waals surface area contributed by atoms with Crippen LogP contribution in [0.2, 0.25) is 0 Å². The van der Waals surface area contributed by atoms with E-state index in [-0.39, 0.29) is 5.91 Å². The van der Waals surface area contributed by atoms with Gasteiger partial charge in [0.05, 0.1) is 16.9 Å². The van der Waals surface area contributed by atoms with Crippen LogP contribution in [-0.4, -0.2) is 35.9 Å². The minimum Gasteiger partial charge on any atom is -0.355 e. The van der Waals surface area contributed by atoms with Crippen LogP contribution in [0.1, 0.15) is 34.6 Å². The molecule has 5 aromatic rings. The number of anilines is 3. The summed E-state index contributed by atoms with van der Waals surface area (Å²) in [5, 5.41) is 19.2. The lowest BCUT2D eigenvalue weighted by molar-refractivity contribution is 0.101. The summed E-state index contributed by atoms with van der Waals surface area (Å²) in [6.07, 6.45) is 7.29. The number of nitrogens with one attached hydrogen (secondary N) is 4. The highest BCUT2D eigenvalue weighted by Gasteiger charge is 2.13. The molecular weight excluding hydrogens is 428 g/mol. The van der Waals surface area contributed by atoms with Crippen LogP contribution in [0.15, 0.2) is 60.9 Å². The number of imidazole rings is 1. The Balaban J connectivity index is 1.31. The first-order chi connectivity index (χ1) is 16.6. The summed E-state index contributed by atoms with van der Waals surface area (Å²) in [6.45, 7) is 4.47. The van der Waals surface area contributed by atoms with Crippen molar-refractivity contribution in [2.75, 3.05) is 10.6 Å². The molecule has 9 heteroatoms. The third-order valence-electron chi connectivity index (χ3n) is 5.35. The molecule has 0 aliphatic heterocycles. The summed E-state index contributed by atoms with van der Waals surface area (Å²) in [4.78, 5) is 20.0. The van der Waals surface area contributed by atoms with Crippen molar-refractivity contribution in [2.45, 2.75) is 20.4 Å². The fourth-order valence-electron chi connectivity index (χ4n) is 3.78. The lowest BCUT2D eigenvalue weighted by Gasteiger charge is -2.10.